The minimum Gasteiger partial charge on any atom is -0.481 e. The van der Waals surface area contributed by atoms with Crippen molar-refractivity contribution in [2.45, 2.75) is 51.2 Å². The summed E-state index contributed by atoms with van der Waals surface area (Å²) in [6, 6.07) is 0. The highest BCUT2D eigenvalue weighted by Gasteiger charge is 2.39. The van der Waals surface area contributed by atoms with Gasteiger partial charge in [-0.25, -0.2) is 0 Å². The van der Waals surface area contributed by atoms with Crippen molar-refractivity contribution in [3.8, 4) is 0 Å². The minimum atomic E-state index is -0.780. The van der Waals surface area contributed by atoms with E-state index in [2.05, 4.69) is 0 Å². The Labute approximate surface area is 131 Å². The number of rotatable bonds is 4. The molecule has 0 spiro atoms. The van der Waals surface area contributed by atoms with Crippen LogP contribution < -0.4 is 0 Å². The van der Waals surface area contributed by atoms with Crippen LogP contribution in [0.15, 0.2) is 0 Å². The van der Waals surface area contributed by atoms with Crippen molar-refractivity contribution < 1.29 is 24.2 Å². The van der Waals surface area contributed by atoms with E-state index in [0.717, 1.165) is 12.8 Å². The van der Waals surface area contributed by atoms with Crippen molar-refractivity contribution in [2.75, 3.05) is 26.8 Å². The Morgan fingerprint density at radius 1 is 1.32 bits per heavy atom. The summed E-state index contributed by atoms with van der Waals surface area (Å²) in [5.41, 5.74) is -0.405. The van der Waals surface area contributed by atoms with Gasteiger partial charge < -0.3 is 19.5 Å². The van der Waals surface area contributed by atoms with Crippen LogP contribution in [-0.2, 0) is 19.1 Å². The van der Waals surface area contributed by atoms with Crippen molar-refractivity contribution in [3.63, 3.8) is 0 Å². The minimum absolute atomic E-state index is 0.0726. The molecule has 3 atom stereocenters. The molecule has 2 fully saturated rings. The highest BCUT2D eigenvalue weighted by atomic mass is 16.5. The number of amides is 1. The van der Waals surface area contributed by atoms with Gasteiger partial charge in [0.2, 0.25) is 5.91 Å². The van der Waals surface area contributed by atoms with Gasteiger partial charge in [-0.05, 0) is 33.1 Å². The lowest BCUT2D eigenvalue weighted by Gasteiger charge is -2.44. The first kappa shape index (κ1) is 17.2. The molecule has 2 rings (SSSR count). The van der Waals surface area contributed by atoms with E-state index in [1.54, 1.807) is 7.11 Å². The molecule has 0 bridgehead atoms. The molecule has 1 saturated heterocycles. The molecule has 1 heterocycles. The molecule has 1 aliphatic heterocycles. The molecule has 6 heteroatoms. The van der Waals surface area contributed by atoms with Crippen LogP contribution in [0.4, 0.5) is 0 Å². The third-order valence-electron chi connectivity index (χ3n) is 4.52. The van der Waals surface area contributed by atoms with E-state index in [1.807, 2.05) is 18.7 Å². The zero-order valence-corrected chi connectivity index (χ0v) is 13.7. The molecule has 1 saturated carbocycles. The van der Waals surface area contributed by atoms with Crippen LogP contribution in [0.2, 0.25) is 0 Å². The SMILES string of the molecule is COCC1CN(C(=O)C2CCCC(C(=O)O)C2)CC(C)(C)O1. The number of morpholine rings is 1. The number of hydrogen-bond donors (Lipinski definition) is 1. The Hall–Kier alpha value is -1.14. The lowest BCUT2D eigenvalue weighted by atomic mass is 9.80. The zero-order valence-electron chi connectivity index (χ0n) is 13.7. The molecular weight excluding hydrogens is 286 g/mol. The summed E-state index contributed by atoms with van der Waals surface area (Å²) >= 11 is 0. The normalized spacial score (nSPS) is 31.8. The first-order valence-electron chi connectivity index (χ1n) is 8.01. The fourth-order valence-corrected chi connectivity index (χ4v) is 3.63. The summed E-state index contributed by atoms with van der Waals surface area (Å²) in [6.45, 7) is 5.45. The number of carboxylic acids is 1. The monoisotopic (exact) mass is 313 g/mol. The first-order chi connectivity index (χ1) is 10.3. The van der Waals surface area contributed by atoms with Gasteiger partial charge >= 0.3 is 5.97 Å². The maximum absolute atomic E-state index is 12.8. The molecule has 3 unspecified atom stereocenters. The van der Waals surface area contributed by atoms with Gasteiger partial charge in [0.1, 0.15) is 0 Å². The van der Waals surface area contributed by atoms with E-state index in [4.69, 9.17) is 9.47 Å². The summed E-state index contributed by atoms with van der Waals surface area (Å²) in [5.74, 6) is -1.26. The predicted molar refractivity (Wildman–Crippen MR) is 80.5 cm³/mol. The van der Waals surface area contributed by atoms with E-state index in [9.17, 15) is 14.7 Å². The Kier molecular flexibility index (Phi) is 5.45. The van der Waals surface area contributed by atoms with Crippen LogP contribution in [0, 0.1) is 11.8 Å². The third kappa shape index (κ3) is 4.20. The number of nitrogens with zero attached hydrogens (tertiary/aromatic N) is 1. The second-order valence-corrected chi connectivity index (χ2v) is 7.07. The molecule has 22 heavy (non-hydrogen) atoms. The molecule has 126 valence electrons. The van der Waals surface area contributed by atoms with Gasteiger partial charge in [0, 0.05) is 26.1 Å². The van der Waals surface area contributed by atoms with E-state index < -0.39 is 11.6 Å². The Morgan fingerprint density at radius 2 is 2.00 bits per heavy atom. The zero-order chi connectivity index (χ0) is 16.3. The Balaban J connectivity index is 2.02. The molecule has 0 aromatic carbocycles. The molecule has 6 nitrogen and oxygen atoms in total. The van der Waals surface area contributed by atoms with Gasteiger partial charge in [-0.15, -0.1) is 0 Å². The molecule has 1 N–H and O–H groups in total. The number of carbonyl (C=O) groups excluding carboxylic acids is 1. The standard InChI is InChI=1S/C16H27NO5/c1-16(2)10-17(8-13(22-16)9-21-3)14(18)11-5-4-6-12(7-11)15(19)20/h11-13H,4-10H2,1-3H3,(H,19,20). The first-order valence-corrected chi connectivity index (χ1v) is 8.01. The number of carbonyl (C=O) groups is 2. The Morgan fingerprint density at radius 3 is 2.64 bits per heavy atom. The lowest BCUT2D eigenvalue weighted by molar-refractivity contribution is -0.172. The van der Waals surface area contributed by atoms with Crippen LogP contribution in [-0.4, -0.2) is 60.4 Å². The van der Waals surface area contributed by atoms with Gasteiger partial charge in [0.25, 0.3) is 0 Å². The van der Waals surface area contributed by atoms with Gasteiger partial charge in [-0.1, -0.05) is 6.42 Å². The van der Waals surface area contributed by atoms with Crippen LogP contribution in [0.5, 0.6) is 0 Å². The van der Waals surface area contributed by atoms with Crippen LogP contribution in [0.1, 0.15) is 39.5 Å². The number of carboxylic acid groups (broad SMARTS) is 1. The maximum atomic E-state index is 12.8. The van der Waals surface area contributed by atoms with Crippen LogP contribution >= 0.6 is 0 Å². The van der Waals surface area contributed by atoms with Crippen LogP contribution in [0.25, 0.3) is 0 Å². The molecule has 1 amide bonds. The van der Waals surface area contributed by atoms with E-state index in [-0.39, 0.29) is 23.8 Å². The number of hydrogen-bond acceptors (Lipinski definition) is 4. The summed E-state index contributed by atoms with van der Waals surface area (Å²) < 4.78 is 11.1. The molecule has 1 aliphatic carbocycles. The topological polar surface area (TPSA) is 76.1 Å². The smallest absolute Gasteiger partial charge is 0.306 e. The number of methoxy groups -OCH3 is 1. The van der Waals surface area contributed by atoms with Gasteiger partial charge in [0.05, 0.1) is 24.2 Å². The van der Waals surface area contributed by atoms with Crippen molar-refractivity contribution in [1.82, 2.24) is 4.90 Å². The summed E-state index contributed by atoms with van der Waals surface area (Å²) in [7, 11) is 1.62. The van der Waals surface area contributed by atoms with E-state index in [0.29, 0.717) is 32.5 Å². The van der Waals surface area contributed by atoms with Crippen molar-refractivity contribution >= 4 is 11.9 Å². The average Bonchev–Trinajstić information content (AvgIpc) is 2.45. The lowest BCUT2D eigenvalue weighted by Crippen LogP contribution is -2.57. The fourth-order valence-electron chi connectivity index (χ4n) is 3.63. The molecule has 0 aromatic heterocycles. The van der Waals surface area contributed by atoms with Crippen molar-refractivity contribution in [3.05, 3.63) is 0 Å². The highest BCUT2D eigenvalue weighted by Crippen LogP contribution is 2.32. The van der Waals surface area contributed by atoms with Gasteiger partial charge in [0.15, 0.2) is 0 Å². The molecule has 2 aliphatic rings. The molecular formula is C16H27NO5. The van der Waals surface area contributed by atoms with Crippen molar-refractivity contribution in [2.24, 2.45) is 11.8 Å². The second kappa shape index (κ2) is 6.96. The fraction of sp³-hybridized carbons (Fsp3) is 0.875. The average molecular weight is 313 g/mol. The van der Waals surface area contributed by atoms with E-state index in [1.165, 1.54) is 0 Å². The largest absolute Gasteiger partial charge is 0.481 e. The molecule has 0 aromatic rings. The van der Waals surface area contributed by atoms with Crippen molar-refractivity contribution in [1.29, 1.82) is 0 Å². The predicted octanol–water partition coefficient (Wildman–Crippen LogP) is 1.53. The number of ether oxygens (including phenoxy) is 2. The number of aliphatic carboxylic acids is 1. The summed E-state index contributed by atoms with van der Waals surface area (Å²) in [6.07, 6.45) is 2.61. The van der Waals surface area contributed by atoms with E-state index >= 15 is 0 Å². The summed E-state index contributed by atoms with van der Waals surface area (Å²) in [5, 5.41) is 9.18. The van der Waals surface area contributed by atoms with Gasteiger partial charge in [-0.3, -0.25) is 9.59 Å². The van der Waals surface area contributed by atoms with Gasteiger partial charge in [-0.2, -0.15) is 0 Å². The van der Waals surface area contributed by atoms with Crippen LogP contribution in [0.3, 0.4) is 0 Å². The Bertz CT molecular complexity index is 423. The third-order valence-corrected chi connectivity index (χ3v) is 4.52. The highest BCUT2D eigenvalue weighted by molar-refractivity contribution is 5.80. The second-order valence-electron chi connectivity index (χ2n) is 7.07. The summed E-state index contributed by atoms with van der Waals surface area (Å²) in [4.78, 5) is 25.8. The quantitative estimate of drug-likeness (QED) is 0.852. The maximum Gasteiger partial charge on any atom is 0.306 e. The molecule has 0 radical (unpaired) electrons.